The van der Waals surface area contributed by atoms with Gasteiger partial charge in [0, 0.05) is 17.1 Å². The molecule has 2 heterocycles. The Kier molecular flexibility index (Phi) is 4.19. The Bertz CT molecular complexity index is 737. The van der Waals surface area contributed by atoms with Crippen LogP contribution in [0.2, 0.25) is 5.02 Å². The van der Waals surface area contributed by atoms with E-state index in [-0.39, 0.29) is 11.9 Å². The van der Waals surface area contributed by atoms with Gasteiger partial charge < -0.3 is 10.1 Å². The second-order valence-electron chi connectivity index (χ2n) is 6.53. The van der Waals surface area contributed by atoms with Crippen molar-refractivity contribution in [3.63, 3.8) is 0 Å². The number of aromatic nitrogens is 2. The maximum atomic E-state index is 12.5. The van der Waals surface area contributed by atoms with Crippen molar-refractivity contribution < 1.29 is 9.53 Å². The van der Waals surface area contributed by atoms with Gasteiger partial charge in [0.25, 0.3) is 5.91 Å². The molecule has 2 atom stereocenters. The van der Waals surface area contributed by atoms with Gasteiger partial charge in [0.1, 0.15) is 6.61 Å². The molecule has 1 aliphatic heterocycles. The molecular formula is C18H20ClN3O2. The third-order valence-corrected chi connectivity index (χ3v) is 5.09. The molecule has 6 heteroatoms. The van der Waals surface area contributed by atoms with E-state index in [0.29, 0.717) is 30.6 Å². The number of fused-ring (bicyclic) bond motifs is 1. The number of nitrogens with zero attached hydrogens (tertiary/aromatic N) is 2. The minimum absolute atomic E-state index is 0.114. The zero-order valence-corrected chi connectivity index (χ0v) is 14.1. The number of nitrogens with one attached hydrogen (secondary N) is 1. The van der Waals surface area contributed by atoms with E-state index >= 15 is 0 Å². The molecule has 2 aromatic rings. The molecule has 0 saturated heterocycles. The third-order valence-electron chi connectivity index (χ3n) is 4.86. The molecule has 4 rings (SSSR count). The summed E-state index contributed by atoms with van der Waals surface area (Å²) < 4.78 is 7.15. The smallest absolute Gasteiger partial charge is 0.272 e. The van der Waals surface area contributed by atoms with Crippen molar-refractivity contribution in [3.8, 4) is 5.88 Å². The van der Waals surface area contributed by atoms with Crippen molar-refractivity contribution in [3.05, 3.63) is 46.6 Å². The summed E-state index contributed by atoms with van der Waals surface area (Å²) in [5.74, 6) is 1.01. The summed E-state index contributed by atoms with van der Waals surface area (Å²) in [5.41, 5.74) is 1.70. The Hall–Kier alpha value is -2.01. The molecule has 0 spiro atoms. The number of rotatable bonds is 3. The lowest BCUT2D eigenvalue weighted by Crippen LogP contribution is -2.38. The monoisotopic (exact) mass is 345 g/mol. The number of halogens is 1. The minimum Gasteiger partial charge on any atom is -0.476 e. The second-order valence-corrected chi connectivity index (χ2v) is 6.96. The standard InChI is InChI=1S/C18H20ClN3O2/c19-14-5-1-3-12(9-14)13-4-2-6-15(10-13)20-18(23)16-11-17-22(21-16)7-8-24-17/h1,3,5,9,11,13,15H,2,4,6-8,10H2,(H,20,23)/t13-,15-/m1/s1. The van der Waals surface area contributed by atoms with Crippen molar-refractivity contribution in [2.75, 3.05) is 6.61 Å². The average molecular weight is 346 g/mol. The summed E-state index contributed by atoms with van der Waals surface area (Å²) in [4.78, 5) is 12.5. The Labute approximate surface area is 145 Å². The average Bonchev–Trinajstić information content (AvgIpc) is 3.17. The highest BCUT2D eigenvalue weighted by Gasteiger charge is 2.26. The van der Waals surface area contributed by atoms with Crippen molar-refractivity contribution in [2.45, 2.75) is 44.2 Å². The number of amides is 1. The quantitative estimate of drug-likeness (QED) is 0.927. The summed E-state index contributed by atoms with van der Waals surface area (Å²) in [6.45, 7) is 1.34. The third kappa shape index (κ3) is 3.13. The zero-order valence-electron chi connectivity index (χ0n) is 13.4. The van der Waals surface area contributed by atoms with Gasteiger partial charge in [-0.2, -0.15) is 5.10 Å². The topological polar surface area (TPSA) is 56.2 Å². The number of hydrogen-bond acceptors (Lipinski definition) is 3. The Morgan fingerprint density at radius 2 is 2.25 bits per heavy atom. The summed E-state index contributed by atoms with van der Waals surface area (Å²) in [5, 5.41) is 8.21. The molecule has 5 nitrogen and oxygen atoms in total. The largest absolute Gasteiger partial charge is 0.476 e. The van der Waals surface area contributed by atoms with Crippen molar-refractivity contribution in [2.24, 2.45) is 0 Å². The highest BCUT2D eigenvalue weighted by molar-refractivity contribution is 6.30. The first-order chi connectivity index (χ1) is 11.7. The lowest BCUT2D eigenvalue weighted by Gasteiger charge is -2.30. The number of ether oxygens (including phenoxy) is 1. The summed E-state index contributed by atoms with van der Waals surface area (Å²) in [6.07, 6.45) is 4.19. The maximum absolute atomic E-state index is 12.5. The van der Waals surface area contributed by atoms with Gasteiger partial charge in [-0.05, 0) is 42.9 Å². The van der Waals surface area contributed by atoms with Crippen LogP contribution in [0.5, 0.6) is 5.88 Å². The fourth-order valence-electron chi connectivity index (χ4n) is 3.67. The molecule has 1 aliphatic carbocycles. The van der Waals surface area contributed by atoms with Gasteiger partial charge in [0.05, 0.1) is 6.54 Å². The Morgan fingerprint density at radius 3 is 3.08 bits per heavy atom. The molecule has 0 bridgehead atoms. The van der Waals surface area contributed by atoms with Crippen LogP contribution in [0.1, 0.15) is 47.7 Å². The summed E-state index contributed by atoms with van der Waals surface area (Å²) >= 11 is 6.11. The molecule has 1 saturated carbocycles. The van der Waals surface area contributed by atoms with E-state index < -0.39 is 0 Å². The molecule has 0 radical (unpaired) electrons. The van der Waals surface area contributed by atoms with E-state index in [4.69, 9.17) is 16.3 Å². The van der Waals surface area contributed by atoms with Crippen LogP contribution in [-0.4, -0.2) is 28.3 Å². The highest BCUT2D eigenvalue weighted by atomic mass is 35.5. The van der Waals surface area contributed by atoms with Crippen LogP contribution in [0.25, 0.3) is 0 Å². The zero-order chi connectivity index (χ0) is 16.5. The van der Waals surface area contributed by atoms with Gasteiger partial charge in [-0.1, -0.05) is 30.2 Å². The molecule has 1 amide bonds. The van der Waals surface area contributed by atoms with E-state index in [0.717, 1.165) is 30.7 Å². The minimum atomic E-state index is -0.114. The van der Waals surface area contributed by atoms with Gasteiger partial charge in [-0.15, -0.1) is 0 Å². The normalized spacial score (nSPS) is 22.7. The van der Waals surface area contributed by atoms with Crippen LogP contribution in [0, 0.1) is 0 Å². The lowest BCUT2D eigenvalue weighted by molar-refractivity contribution is 0.0919. The predicted molar refractivity (Wildman–Crippen MR) is 91.6 cm³/mol. The van der Waals surface area contributed by atoms with Gasteiger partial charge in [-0.25, -0.2) is 4.68 Å². The molecule has 1 fully saturated rings. The molecule has 24 heavy (non-hydrogen) atoms. The fraction of sp³-hybridized carbons (Fsp3) is 0.444. The van der Waals surface area contributed by atoms with Crippen LogP contribution in [0.4, 0.5) is 0 Å². The van der Waals surface area contributed by atoms with Crippen molar-refractivity contribution >= 4 is 17.5 Å². The number of hydrogen-bond donors (Lipinski definition) is 1. The summed E-state index contributed by atoms with van der Waals surface area (Å²) in [6, 6.07) is 9.94. The van der Waals surface area contributed by atoms with Gasteiger partial charge >= 0.3 is 0 Å². The van der Waals surface area contributed by atoms with E-state index in [1.165, 1.54) is 5.56 Å². The number of carbonyl (C=O) groups is 1. The van der Waals surface area contributed by atoms with Crippen LogP contribution in [-0.2, 0) is 6.54 Å². The first-order valence-electron chi connectivity index (χ1n) is 8.46. The SMILES string of the molecule is O=C(N[C@@H]1CCC[C@@H](c2cccc(Cl)c2)C1)c1cc2n(n1)CCO2. The van der Waals surface area contributed by atoms with Crippen LogP contribution < -0.4 is 10.1 Å². The van der Waals surface area contributed by atoms with Crippen molar-refractivity contribution in [1.29, 1.82) is 0 Å². The Morgan fingerprint density at radius 1 is 1.33 bits per heavy atom. The molecule has 126 valence electrons. The lowest BCUT2D eigenvalue weighted by atomic mass is 9.81. The molecular weight excluding hydrogens is 326 g/mol. The molecule has 1 N–H and O–H groups in total. The van der Waals surface area contributed by atoms with E-state index in [2.05, 4.69) is 16.5 Å². The first-order valence-corrected chi connectivity index (χ1v) is 8.84. The van der Waals surface area contributed by atoms with Crippen LogP contribution >= 0.6 is 11.6 Å². The molecule has 0 unspecified atom stereocenters. The Balaban J connectivity index is 1.41. The van der Waals surface area contributed by atoms with Crippen molar-refractivity contribution in [1.82, 2.24) is 15.1 Å². The molecule has 1 aromatic carbocycles. The van der Waals surface area contributed by atoms with Gasteiger partial charge in [0.15, 0.2) is 5.69 Å². The maximum Gasteiger partial charge on any atom is 0.272 e. The second kappa shape index (κ2) is 6.48. The van der Waals surface area contributed by atoms with Crippen LogP contribution in [0.3, 0.4) is 0 Å². The van der Waals surface area contributed by atoms with E-state index in [9.17, 15) is 4.79 Å². The van der Waals surface area contributed by atoms with Crippen LogP contribution in [0.15, 0.2) is 30.3 Å². The first kappa shape index (κ1) is 15.5. The van der Waals surface area contributed by atoms with Gasteiger partial charge in [-0.3, -0.25) is 4.79 Å². The highest BCUT2D eigenvalue weighted by Crippen LogP contribution is 2.34. The van der Waals surface area contributed by atoms with E-state index in [1.807, 2.05) is 18.2 Å². The summed E-state index contributed by atoms with van der Waals surface area (Å²) in [7, 11) is 0. The predicted octanol–water partition coefficient (Wildman–Crippen LogP) is 3.39. The number of carbonyl (C=O) groups excluding carboxylic acids is 1. The van der Waals surface area contributed by atoms with Gasteiger partial charge in [0.2, 0.25) is 5.88 Å². The number of benzene rings is 1. The van der Waals surface area contributed by atoms with E-state index in [1.54, 1.807) is 10.7 Å². The molecule has 1 aromatic heterocycles. The fourth-order valence-corrected chi connectivity index (χ4v) is 3.87. The molecule has 2 aliphatic rings.